The molecular weight excluding hydrogens is 497 g/mol. The van der Waals surface area contributed by atoms with E-state index >= 15 is 0 Å². The van der Waals surface area contributed by atoms with Crippen LogP contribution < -0.4 is 5.32 Å². The van der Waals surface area contributed by atoms with Gasteiger partial charge in [0, 0.05) is 25.0 Å². The maximum absolute atomic E-state index is 13.7. The second kappa shape index (κ2) is 12.7. The molecule has 0 aliphatic carbocycles. The van der Waals surface area contributed by atoms with Gasteiger partial charge in [0.1, 0.15) is 17.7 Å². The maximum atomic E-state index is 13.7. The van der Waals surface area contributed by atoms with Crippen molar-refractivity contribution in [3.05, 3.63) is 47.5 Å². The molecule has 2 fully saturated rings. The third-order valence-corrected chi connectivity index (χ3v) is 6.98. The lowest BCUT2D eigenvalue weighted by Crippen LogP contribution is -2.49. The van der Waals surface area contributed by atoms with Gasteiger partial charge in [0.05, 0.1) is 19.0 Å². The number of nitriles is 1. The Morgan fingerprint density at radius 2 is 2.00 bits per heavy atom. The Morgan fingerprint density at radius 1 is 1.29 bits per heavy atom. The summed E-state index contributed by atoms with van der Waals surface area (Å²) in [5.74, 6) is -4.35. The van der Waals surface area contributed by atoms with Crippen molar-refractivity contribution >= 4 is 19.1 Å². The molecule has 2 aliphatic heterocycles. The molecule has 1 aromatic carbocycles. The van der Waals surface area contributed by atoms with Crippen LogP contribution in [0.1, 0.15) is 45.1 Å². The molecule has 0 spiro atoms. The first-order valence-corrected chi connectivity index (χ1v) is 12.8. The van der Waals surface area contributed by atoms with E-state index in [0.29, 0.717) is 25.8 Å². The highest BCUT2D eigenvalue weighted by Gasteiger charge is 2.43. The molecule has 12 heteroatoms. The van der Waals surface area contributed by atoms with Gasteiger partial charge in [-0.15, -0.1) is 0 Å². The number of nitrogens with one attached hydrogen (secondary N) is 1. The molecule has 0 bridgehead atoms. The first-order valence-electron chi connectivity index (χ1n) is 12.8. The summed E-state index contributed by atoms with van der Waals surface area (Å²) in [5, 5.41) is 31.7. The summed E-state index contributed by atoms with van der Waals surface area (Å²) in [7, 11) is -1.81. The highest BCUT2D eigenvalue weighted by Crippen LogP contribution is 2.33. The number of hydrogen-bond acceptors (Lipinski definition) is 7. The van der Waals surface area contributed by atoms with E-state index in [1.807, 2.05) is 12.1 Å². The van der Waals surface area contributed by atoms with Crippen LogP contribution in [-0.4, -0.2) is 88.7 Å². The Balaban J connectivity index is 1.63. The second-order valence-corrected chi connectivity index (χ2v) is 10.5. The highest BCUT2D eigenvalue weighted by atomic mass is 19.3. The summed E-state index contributed by atoms with van der Waals surface area (Å²) in [6, 6.07) is 10.9. The lowest BCUT2D eigenvalue weighted by atomic mass is 9.76. The predicted molar refractivity (Wildman–Crippen MR) is 137 cm³/mol. The number of nitrogens with zero attached hydrogens (tertiary/aromatic N) is 3. The van der Waals surface area contributed by atoms with E-state index in [-0.39, 0.29) is 31.5 Å². The van der Waals surface area contributed by atoms with Crippen molar-refractivity contribution in [1.29, 1.82) is 5.26 Å². The van der Waals surface area contributed by atoms with Crippen molar-refractivity contribution in [1.82, 2.24) is 15.1 Å². The Morgan fingerprint density at radius 3 is 2.61 bits per heavy atom. The molecule has 3 rings (SSSR count). The average molecular weight is 532 g/mol. The monoisotopic (exact) mass is 532 g/mol. The molecule has 38 heavy (non-hydrogen) atoms. The Hall–Kier alpha value is -3.01. The van der Waals surface area contributed by atoms with Gasteiger partial charge in [-0.1, -0.05) is 30.3 Å². The summed E-state index contributed by atoms with van der Waals surface area (Å²) in [4.78, 5) is 28.8. The fourth-order valence-electron chi connectivity index (χ4n) is 4.80. The molecule has 3 N–H and O–H groups in total. The number of likely N-dealkylation sites (tertiary alicyclic amines) is 2. The van der Waals surface area contributed by atoms with Gasteiger partial charge in [-0.3, -0.25) is 9.69 Å². The third-order valence-electron chi connectivity index (χ3n) is 6.98. The van der Waals surface area contributed by atoms with E-state index in [0.717, 1.165) is 5.56 Å². The molecule has 0 aromatic heterocycles. The molecule has 2 atom stereocenters. The predicted octanol–water partition coefficient (Wildman–Crippen LogP) is 2.29. The summed E-state index contributed by atoms with van der Waals surface area (Å²) in [6.45, 7) is 3.52. The van der Waals surface area contributed by atoms with Crippen molar-refractivity contribution in [2.75, 3.05) is 26.2 Å². The van der Waals surface area contributed by atoms with Crippen LogP contribution in [0.15, 0.2) is 42.0 Å². The highest BCUT2D eigenvalue weighted by molar-refractivity contribution is 6.43. The minimum atomic E-state index is -2.80. The number of hydrogen-bond donors (Lipinski definition) is 3. The van der Waals surface area contributed by atoms with Gasteiger partial charge in [0.2, 0.25) is 0 Å². The van der Waals surface area contributed by atoms with Crippen molar-refractivity contribution < 1.29 is 33.2 Å². The number of ether oxygens (including phenoxy) is 1. The summed E-state index contributed by atoms with van der Waals surface area (Å²) in [5.41, 5.74) is -0.281. The number of alkyl halides is 2. The van der Waals surface area contributed by atoms with Crippen molar-refractivity contribution in [3.63, 3.8) is 0 Å². The molecular formula is C26H35BF2N4O5. The van der Waals surface area contributed by atoms with Crippen LogP contribution in [0, 0.1) is 11.3 Å². The van der Waals surface area contributed by atoms with Crippen LogP contribution in [0.25, 0.3) is 0 Å². The molecule has 206 valence electrons. The van der Waals surface area contributed by atoms with Gasteiger partial charge in [0.15, 0.2) is 0 Å². The summed E-state index contributed by atoms with van der Waals surface area (Å²) < 4.78 is 33.0. The molecule has 0 radical (unpaired) electrons. The number of rotatable bonds is 8. The molecule has 1 aromatic rings. The average Bonchev–Trinajstić information content (AvgIpc) is 3.08. The van der Waals surface area contributed by atoms with Crippen LogP contribution in [0.4, 0.5) is 13.6 Å². The lowest BCUT2D eigenvalue weighted by molar-refractivity contribution is -0.127. The first kappa shape index (κ1) is 29.5. The SMILES string of the molecule is CC(C)(/C=C(\C#N)C(=O)N1CCCC[C@H](OC(=O)N[C@@H](Cc2ccccc2)B(O)O)C1)N1CCC(F)(F)C1. The van der Waals surface area contributed by atoms with Crippen molar-refractivity contribution in [2.24, 2.45) is 0 Å². The summed E-state index contributed by atoms with van der Waals surface area (Å²) in [6.07, 6.45) is 1.64. The molecule has 2 heterocycles. The zero-order valence-electron chi connectivity index (χ0n) is 21.8. The number of carbonyl (C=O) groups is 2. The zero-order valence-corrected chi connectivity index (χ0v) is 21.8. The Labute approximate surface area is 222 Å². The van der Waals surface area contributed by atoms with Crippen molar-refractivity contribution in [3.8, 4) is 6.07 Å². The molecule has 2 saturated heterocycles. The van der Waals surface area contributed by atoms with Gasteiger partial charge in [0.25, 0.3) is 11.8 Å². The van der Waals surface area contributed by atoms with E-state index in [1.54, 1.807) is 43.0 Å². The normalized spacial score (nSPS) is 21.2. The largest absolute Gasteiger partial charge is 0.475 e. The number of halogens is 2. The quantitative estimate of drug-likeness (QED) is 0.267. The second-order valence-electron chi connectivity index (χ2n) is 10.5. The van der Waals surface area contributed by atoms with E-state index in [9.17, 15) is 33.7 Å². The Bertz CT molecular complexity index is 1050. The van der Waals surface area contributed by atoms with Crippen LogP contribution >= 0.6 is 0 Å². The number of amides is 2. The van der Waals surface area contributed by atoms with Crippen LogP contribution in [0.2, 0.25) is 0 Å². The van der Waals surface area contributed by atoms with E-state index in [4.69, 9.17) is 4.74 Å². The lowest BCUT2D eigenvalue weighted by Gasteiger charge is -2.33. The summed E-state index contributed by atoms with van der Waals surface area (Å²) >= 11 is 0. The molecule has 0 unspecified atom stereocenters. The number of carbonyl (C=O) groups excluding carboxylic acids is 2. The van der Waals surface area contributed by atoms with Gasteiger partial charge in [-0.25, -0.2) is 13.6 Å². The third kappa shape index (κ3) is 8.25. The molecule has 2 aliphatic rings. The van der Waals surface area contributed by atoms with E-state index in [2.05, 4.69) is 5.32 Å². The van der Waals surface area contributed by atoms with E-state index < -0.39 is 49.2 Å². The van der Waals surface area contributed by atoms with Crippen LogP contribution in [-0.2, 0) is 16.0 Å². The smallest absolute Gasteiger partial charge is 0.444 e. The van der Waals surface area contributed by atoms with E-state index in [1.165, 1.54) is 11.0 Å². The van der Waals surface area contributed by atoms with Crippen LogP contribution in [0.5, 0.6) is 0 Å². The minimum Gasteiger partial charge on any atom is -0.444 e. The number of benzene rings is 1. The van der Waals surface area contributed by atoms with Crippen molar-refractivity contribution in [2.45, 2.75) is 69.5 Å². The van der Waals surface area contributed by atoms with Gasteiger partial charge in [-0.05, 0) is 51.2 Å². The fourth-order valence-corrected chi connectivity index (χ4v) is 4.80. The maximum Gasteiger partial charge on any atom is 0.475 e. The van der Waals surface area contributed by atoms with Crippen LogP contribution in [0.3, 0.4) is 0 Å². The minimum absolute atomic E-state index is 0.0541. The topological polar surface area (TPSA) is 126 Å². The number of alkyl carbamates (subject to hydrolysis) is 1. The molecule has 2 amide bonds. The fraction of sp³-hybridized carbons (Fsp3) is 0.577. The van der Waals surface area contributed by atoms with Gasteiger partial charge < -0.3 is 25.0 Å². The standard InChI is InChI=1S/C26H35BF2N4O5/c1-25(2,33-13-11-26(28,29)18-33)15-20(16-30)23(34)32-12-7-6-10-21(17-32)38-24(35)31-22(27(36)37)14-19-8-4-3-5-9-19/h3-5,8-9,15,21-22,36-37H,6-7,10-14,17-18H2,1-2H3,(H,31,35)/b20-15+/t21-,22-/m0/s1. The zero-order chi connectivity index (χ0) is 27.9. The van der Waals surface area contributed by atoms with Gasteiger partial charge >= 0.3 is 13.2 Å². The molecule has 9 nitrogen and oxygen atoms in total. The first-order chi connectivity index (χ1) is 17.9. The Kier molecular flexibility index (Phi) is 9.87. The van der Waals surface area contributed by atoms with Gasteiger partial charge in [-0.2, -0.15) is 5.26 Å². The molecule has 0 saturated carbocycles.